The fraction of sp³-hybridized carbons (Fsp3) is 0.500. The third-order valence-corrected chi connectivity index (χ3v) is 4.68. The Bertz CT molecular complexity index is 661. The molecule has 2 aliphatic rings. The summed E-state index contributed by atoms with van der Waals surface area (Å²) in [5.41, 5.74) is 9.70. The Morgan fingerprint density at radius 2 is 2.05 bits per heavy atom. The number of nitrogens with two attached hydrogens (primary N) is 1. The molecule has 0 spiro atoms. The fourth-order valence-corrected chi connectivity index (χ4v) is 3.52. The number of hydrogen-bond acceptors (Lipinski definition) is 4. The first-order valence-electron chi connectivity index (χ1n) is 7.81. The largest absolute Gasteiger partial charge is 0.398 e. The minimum Gasteiger partial charge on any atom is -0.398 e. The number of nitrogens with zero attached hydrogens (tertiary/aromatic N) is 4. The zero-order chi connectivity index (χ0) is 14.2. The first-order valence-corrected chi connectivity index (χ1v) is 7.81. The summed E-state index contributed by atoms with van der Waals surface area (Å²) < 4.78 is 2.32. The molecule has 3 heterocycles. The number of benzene rings is 1. The van der Waals surface area contributed by atoms with Crippen LogP contribution in [0.25, 0.3) is 0 Å². The summed E-state index contributed by atoms with van der Waals surface area (Å²) in [4.78, 5) is 2.45. The predicted molar refractivity (Wildman–Crippen MR) is 81.6 cm³/mol. The van der Waals surface area contributed by atoms with E-state index in [1.807, 2.05) is 6.07 Å². The van der Waals surface area contributed by atoms with Crippen molar-refractivity contribution in [2.45, 2.75) is 45.3 Å². The molecule has 110 valence electrons. The summed E-state index contributed by atoms with van der Waals surface area (Å²) in [5.74, 6) is 2.29. The molecule has 0 unspecified atom stereocenters. The number of hydrogen-bond donors (Lipinski definition) is 1. The molecule has 2 N–H and O–H groups in total. The van der Waals surface area contributed by atoms with Crippen molar-refractivity contribution in [3.8, 4) is 0 Å². The van der Waals surface area contributed by atoms with E-state index in [0.717, 1.165) is 56.4 Å². The van der Waals surface area contributed by atoms with Gasteiger partial charge in [-0.2, -0.15) is 0 Å². The highest BCUT2D eigenvalue weighted by atomic mass is 15.3. The van der Waals surface area contributed by atoms with Gasteiger partial charge in [-0.1, -0.05) is 12.1 Å². The summed E-state index contributed by atoms with van der Waals surface area (Å²) in [6.45, 7) is 3.97. The monoisotopic (exact) mass is 283 g/mol. The second-order valence-corrected chi connectivity index (χ2v) is 6.09. The van der Waals surface area contributed by atoms with E-state index < -0.39 is 0 Å². The van der Waals surface area contributed by atoms with E-state index in [9.17, 15) is 0 Å². The van der Waals surface area contributed by atoms with Crippen LogP contribution in [0.5, 0.6) is 0 Å². The van der Waals surface area contributed by atoms with Gasteiger partial charge in [0.05, 0.1) is 6.54 Å². The van der Waals surface area contributed by atoms with Gasteiger partial charge in [0.15, 0.2) is 0 Å². The summed E-state index contributed by atoms with van der Waals surface area (Å²) in [7, 11) is 0. The SMILES string of the molecule is Nc1cccc2c1CCN(Cc1nnc3n1CCCC3)C2. The molecule has 0 amide bonds. The van der Waals surface area contributed by atoms with Crippen molar-refractivity contribution in [2.75, 3.05) is 12.3 Å². The zero-order valence-electron chi connectivity index (χ0n) is 12.3. The average Bonchev–Trinajstić information content (AvgIpc) is 2.91. The van der Waals surface area contributed by atoms with E-state index in [-0.39, 0.29) is 0 Å². The van der Waals surface area contributed by atoms with Crippen LogP contribution in [0.1, 0.15) is 35.6 Å². The fourth-order valence-electron chi connectivity index (χ4n) is 3.52. The molecule has 0 atom stereocenters. The van der Waals surface area contributed by atoms with Gasteiger partial charge in [0.1, 0.15) is 11.6 Å². The Morgan fingerprint density at radius 1 is 1.10 bits per heavy atom. The van der Waals surface area contributed by atoms with Crippen LogP contribution in [0.15, 0.2) is 18.2 Å². The number of nitrogen functional groups attached to an aromatic ring is 1. The van der Waals surface area contributed by atoms with Crippen LogP contribution in [-0.2, 0) is 32.5 Å². The number of rotatable bonds is 2. The molecule has 21 heavy (non-hydrogen) atoms. The first kappa shape index (κ1) is 12.8. The van der Waals surface area contributed by atoms with Crippen molar-refractivity contribution in [1.82, 2.24) is 19.7 Å². The van der Waals surface area contributed by atoms with Crippen molar-refractivity contribution < 1.29 is 0 Å². The van der Waals surface area contributed by atoms with Crippen LogP contribution >= 0.6 is 0 Å². The summed E-state index contributed by atoms with van der Waals surface area (Å²) in [5, 5.41) is 8.76. The molecule has 0 aliphatic carbocycles. The number of fused-ring (bicyclic) bond motifs is 2. The Morgan fingerprint density at radius 3 is 3.00 bits per heavy atom. The van der Waals surface area contributed by atoms with Crippen molar-refractivity contribution in [2.24, 2.45) is 0 Å². The lowest BCUT2D eigenvalue weighted by atomic mass is 9.98. The van der Waals surface area contributed by atoms with Gasteiger partial charge in [0, 0.05) is 31.7 Å². The third kappa shape index (κ3) is 2.31. The normalized spacial score (nSPS) is 18.3. The highest BCUT2D eigenvalue weighted by molar-refractivity contribution is 5.51. The van der Waals surface area contributed by atoms with Crippen LogP contribution in [0.2, 0.25) is 0 Å². The summed E-state index contributed by atoms with van der Waals surface area (Å²) >= 11 is 0. The van der Waals surface area contributed by atoms with Crippen LogP contribution in [0.3, 0.4) is 0 Å². The maximum atomic E-state index is 6.07. The van der Waals surface area contributed by atoms with Gasteiger partial charge in [0.25, 0.3) is 0 Å². The molecule has 4 rings (SSSR count). The Balaban J connectivity index is 1.53. The maximum Gasteiger partial charge on any atom is 0.147 e. The minimum atomic E-state index is 0.890. The lowest BCUT2D eigenvalue weighted by Gasteiger charge is -2.29. The minimum absolute atomic E-state index is 0.890. The third-order valence-electron chi connectivity index (χ3n) is 4.68. The molecule has 0 bridgehead atoms. The Hall–Kier alpha value is -1.88. The van der Waals surface area contributed by atoms with E-state index in [1.54, 1.807) is 0 Å². The summed E-state index contributed by atoms with van der Waals surface area (Å²) in [6, 6.07) is 6.25. The zero-order valence-corrected chi connectivity index (χ0v) is 12.3. The average molecular weight is 283 g/mol. The molecular weight excluding hydrogens is 262 g/mol. The highest BCUT2D eigenvalue weighted by Gasteiger charge is 2.21. The molecule has 2 aromatic rings. The lowest BCUT2D eigenvalue weighted by molar-refractivity contribution is 0.235. The quantitative estimate of drug-likeness (QED) is 0.853. The van der Waals surface area contributed by atoms with Crippen LogP contribution in [0.4, 0.5) is 5.69 Å². The van der Waals surface area contributed by atoms with Crippen molar-refractivity contribution in [3.05, 3.63) is 41.0 Å². The molecule has 0 saturated carbocycles. The van der Waals surface area contributed by atoms with E-state index in [1.165, 1.54) is 24.0 Å². The van der Waals surface area contributed by atoms with E-state index >= 15 is 0 Å². The van der Waals surface area contributed by atoms with Gasteiger partial charge in [-0.3, -0.25) is 4.90 Å². The molecule has 5 heteroatoms. The van der Waals surface area contributed by atoms with Crippen LogP contribution in [-0.4, -0.2) is 26.2 Å². The van der Waals surface area contributed by atoms with Gasteiger partial charge in [-0.15, -0.1) is 10.2 Å². The Labute approximate surface area is 124 Å². The molecule has 0 radical (unpaired) electrons. The topological polar surface area (TPSA) is 60.0 Å². The molecule has 1 aromatic heterocycles. The number of aromatic nitrogens is 3. The van der Waals surface area contributed by atoms with Crippen molar-refractivity contribution in [1.29, 1.82) is 0 Å². The molecule has 0 saturated heterocycles. The van der Waals surface area contributed by atoms with Gasteiger partial charge in [-0.25, -0.2) is 0 Å². The number of aryl methyl sites for hydroxylation is 1. The predicted octanol–water partition coefficient (Wildman–Crippen LogP) is 1.75. The Kier molecular flexibility index (Phi) is 3.15. The summed E-state index contributed by atoms with van der Waals surface area (Å²) in [6.07, 6.45) is 4.60. The van der Waals surface area contributed by atoms with Gasteiger partial charge in [0.2, 0.25) is 0 Å². The van der Waals surface area contributed by atoms with E-state index in [4.69, 9.17) is 5.73 Å². The highest BCUT2D eigenvalue weighted by Crippen LogP contribution is 2.25. The second kappa shape index (κ2) is 5.15. The van der Waals surface area contributed by atoms with Crippen molar-refractivity contribution >= 4 is 5.69 Å². The van der Waals surface area contributed by atoms with Gasteiger partial charge in [-0.05, 0) is 36.5 Å². The molecule has 0 fully saturated rings. The lowest BCUT2D eigenvalue weighted by Crippen LogP contribution is -2.32. The standard InChI is InChI=1S/C16H21N5/c17-14-5-3-4-12-10-20(9-7-13(12)14)11-16-19-18-15-6-1-2-8-21(15)16/h3-5H,1-2,6-11,17H2. The number of anilines is 1. The molecule has 1 aromatic carbocycles. The van der Waals surface area contributed by atoms with Crippen LogP contribution < -0.4 is 5.73 Å². The second-order valence-electron chi connectivity index (χ2n) is 6.09. The van der Waals surface area contributed by atoms with Crippen LogP contribution in [0, 0.1) is 0 Å². The van der Waals surface area contributed by atoms with E-state index in [0.29, 0.717) is 0 Å². The first-order chi connectivity index (χ1) is 10.3. The van der Waals surface area contributed by atoms with E-state index in [2.05, 4.69) is 31.8 Å². The molecular formula is C16H21N5. The maximum absolute atomic E-state index is 6.07. The molecule has 5 nitrogen and oxygen atoms in total. The van der Waals surface area contributed by atoms with Gasteiger partial charge < -0.3 is 10.3 Å². The van der Waals surface area contributed by atoms with Gasteiger partial charge >= 0.3 is 0 Å². The smallest absolute Gasteiger partial charge is 0.147 e. The van der Waals surface area contributed by atoms with Crippen molar-refractivity contribution in [3.63, 3.8) is 0 Å². The molecule has 2 aliphatic heterocycles.